The normalized spacial score (nSPS) is 16.0. The van der Waals surface area contributed by atoms with Gasteiger partial charge >= 0.3 is 0 Å². The lowest BCUT2D eigenvalue weighted by Gasteiger charge is -2.30. The first kappa shape index (κ1) is 30.0. The van der Waals surface area contributed by atoms with Crippen molar-refractivity contribution in [3.05, 3.63) is 79.5 Å². The Morgan fingerprint density at radius 1 is 0.951 bits per heavy atom. The average molecular weight is 614 g/mol. The summed E-state index contributed by atoms with van der Waals surface area (Å²) >= 11 is 8.01. The van der Waals surface area contributed by atoms with Gasteiger partial charge in [0.1, 0.15) is 5.75 Å². The van der Waals surface area contributed by atoms with Gasteiger partial charge in [-0.2, -0.15) is 4.31 Å². The smallest absolute Gasteiger partial charge is 0.243 e. The van der Waals surface area contributed by atoms with Crippen molar-refractivity contribution in [3.8, 4) is 5.75 Å². The number of halogens is 1. The highest BCUT2D eigenvalue weighted by molar-refractivity contribution is 7.89. The lowest BCUT2D eigenvalue weighted by atomic mass is 9.90. The van der Waals surface area contributed by atoms with Crippen LogP contribution in [0.2, 0.25) is 5.02 Å². The molecule has 9 heteroatoms. The van der Waals surface area contributed by atoms with Crippen molar-refractivity contribution >= 4 is 44.5 Å². The number of ketones is 2. The maximum absolute atomic E-state index is 13.7. The van der Waals surface area contributed by atoms with E-state index in [-0.39, 0.29) is 45.9 Å². The zero-order valence-corrected chi connectivity index (χ0v) is 26.0. The number of sulfonamides is 1. The fraction of sp³-hybridized carbons (Fsp3) is 0.438. The van der Waals surface area contributed by atoms with Crippen molar-refractivity contribution in [3.63, 3.8) is 0 Å². The topological polar surface area (TPSA) is 80.8 Å². The van der Waals surface area contributed by atoms with Crippen LogP contribution in [0.3, 0.4) is 0 Å². The van der Waals surface area contributed by atoms with Gasteiger partial charge in [-0.1, -0.05) is 43.0 Å². The van der Waals surface area contributed by atoms with Crippen LogP contribution in [0, 0.1) is 0 Å². The summed E-state index contributed by atoms with van der Waals surface area (Å²) in [6.07, 6.45) is 8.87. The van der Waals surface area contributed by atoms with E-state index in [0.29, 0.717) is 5.56 Å². The van der Waals surface area contributed by atoms with E-state index in [9.17, 15) is 18.0 Å². The predicted molar refractivity (Wildman–Crippen MR) is 163 cm³/mol. The number of thiophene rings is 1. The molecular weight excluding hydrogens is 578 g/mol. The Morgan fingerprint density at radius 3 is 2.37 bits per heavy atom. The fourth-order valence-corrected chi connectivity index (χ4v) is 9.09. The molecule has 0 amide bonds. The molecule has 0 saturated heterocycles. The van der Waals surface area contributed by atoms with E-state index in [1.54, 1.807) is 14.2 Å². The molecule has 1 heterocycles. The van der Waals surface area contributed by atoms with Crippen LogP contribution in [0.25, 0.3) is 0 Å². The van der Waals surface area contributed by atoms with Crippen LogP contribution < -0.4 is 4.74 Å². The van der Waals surface area contributed by atoms with Crippen molar-refractivity contribution < 1.29 is 22.7 Å². The molecule has 0 bridgehead atoms. The van der Waals surface area contributed by atoms with Gasteiger partial charge in [-0.05, 0) is 80.0 Å². The number of benzene rings is 2. The number of methoxy groups -OCH3 is 1. The van der Waals surface area contributed by atoms with Gasteiger partial charge in [0.05, 0.1) is 17.0 Å². The highest BCUT2D eigenvalue weighted by atomic mass is 35.5. The summed E-state index contributed by atoms with van der Waals surface area (Å²) in [4.78, 5) is 29.3. The van der Waals surface area contributed by atoms with Crippen molar-refractivity contribution in [1.82, 2.24) is 4.31 Å². The maximum atomic E-state index is 13.7. The molecule has 0 radical (unpaired) electrons. The number of hydrogen-bond acceptors (Lipinski definition) is 6. The largest absolute Gasteiger partial charge is 0.497 e. The molecule has 0 atom stereocenters. The van der Waals surface area contributed by atoms with Gasteiger partial charge in [-0.25, -0.2) is 8.42 Å². The Kier molecular flexibility index (Phi) is 9.33. The minimum absolute atomic E-state index is 0.00301. The van der Waals surface area contributed by atoms with E-state index in [0.717, 1.165) is 79.5 Å². The minimum Gasteiger partial charge on any atom is -0.497 e. The first-order valence-electron chi connectivity index (χ1n) is 14.3. The molecule has 41 heavy (non-hydrogen) atoms. The molecule has 1 aromatic heterocycles. The fourth-order valence-electron chi connectivity index (χ4n) is 6.01. The highest BCUT2D eigenvalue weighted by Crippen LogP contribution is 2.37. The summed E-state index contributed by atoms with van der Waals surface area (Å²) in [5.41, 5.74) is 2.78. The molecule has 1 saturated carbocycles. The lowest BCUT2D eigenvalue weighted by Crippen LogP contribution is -2.38. The molecular formula is C32H36ClNO5S2. The Hall–Kier alpha value is -2.52. The van der Waals surface area contributed by atoms with Gasteiger partial charge in [0.15, 0.2) is 11.6 Å². The summed E-state index contributed by atoms with van der Waals surface area (Å²) in [6.45, 7) is 0. The summed E-state index contributed by atoms with van der Waals surface area (Å²) < 4.78 is 33.7. The van der Waals surface area contributed by atoms with Gasteiger partial charge < -0.3 is 4.74 Å². The van der Waals surface area contributed by atoms with E-state index >= 15 is 0 Å². The summed E-state index contributed by atoms with van der Waals surface area (Å²) in [5, 5.41) is 0.210. The zero-order chi connectivity index (χ0) is 29.1. The number of Topliss-reactive ketones (excluding diaryl/α,β-unsaturated/α-hetero) is 2. The van der Waals surface area contributed by atoms with E-state index in [4.69, 9.17) is 16.3 Å². The quantitative estimate of drug-likeness (QED) is 0.228. The van der Waals surface area contributed by atoms with Gasteiger partial charge in [-0.3, -0.25) is 9.59 Å². The number of ether oxygens (including phenoxy) is 1. The Balaban J connectivity index is 1.42. The standard InChI is InChI=1S/C32H36ClNO5S2/c1-34(22-8-4-3-5-9-22)41(37,38)24-16-17-27(33)26(19-24)28(35)20-31-32(25-10-6-7-11-30(25)40-31)29(36)18-21-12-14-23(39-2)15-13-21/h12-17,19,22H,3-11,18,20H2,1-2H3. The first-order chi connectivity index (χ1) is 19.7. The molecule has 5 rings (SSSR count). The third-order valence-electron chi connectivity index (χ3n) is 8.37. The molecule has 2 aliphatic carbocycles. The molecule has 0 unspecified atom stereocenters. The number of nitrogens with zero attached hydrogens (tertiary/aromatic N) is 1. The van der Waals surface area contributed by atoms with Crippen molar-refractivity contribution in [2.75, 3.05) is 14.2 Å². The second kappa shape index (κ2) is 12.8. The van der Waals surface area contributed by atoms with Crippen LogP contribution >= 0.6 is 22.9 Å². The summed E-state index contributed by atoms with van der Waals surface area (Å²) in [7, 11) is -0.558. The summed E-state index contributed by atoms with van der Waals surface area (Å²) in [5.74, 6) is 0.435. The zero-order valence-electron chi connectivity index (χ0n) is 23.6. The van der Waals surface area contributed by atoms with Crippen LogP contribution in [0.1, 0.15) is 86.5 Å². The highest BCUT2D eigenvalue weighted by Gasteiger charge is 2.31. The van der Waals surface area contributed by atoms with E-state index in [1.165, 1.54) is 38.7 Å². The van der Waals surface area contributed by atoms with Crippen LogP contribution in [0.5, 0.6) is 5.75 Å². The van der Waals surface area contributed by atoms with Crippen LogP contribution in [-0.2, 0) is 35.7 Å². The van der Waals surface area contributed by atoms with Gasteiger partial charge in [0, 0.05) is 46.8 Å². The second-order valence-electron chi connectivity index (χ2n) is 11.0. The van der Waals surface area contributed by atoms with Crippen molar-refractivity contribution in [2.24, 2.45) is 0 Å². The molecule has 2 aromatic carbocycles. The van der Waals surface area contributed by atoms with Crippen LogP contribution in [0.4, 0.5) is 0 Å². The van der Waals surface area contributed by atoms with Gasteiger partial charge in [0.2, 0.25) is 10.0 Å². The van der Waals surface area contributed by atoms with Crippen LogP contribution in [0.15, 0.2) is 47.4 Å². The maximum Gasteiger partial charge on any atom is 0.243 e. The van der Waals surface area contributed by atoms with E-state index in [1.807, 2.05) is 24.3 Å². The molecule has 2 aliphatic rings. The minimum atomic E-state index is -3.79. The molecule has 0 spiro atoms. The Bertz CT molecular complexity index is 1540. The van der Waals surface area contributed by atoms with Crippen molar-refractivity contribution in [2.45, 2.75) is 81.6 Å². The second-order valence-corrected chi connectivity index (χ2v) is 14.6. The number of carbonyl (C=O) groups is 2. The number of carbonyl (C=O) groups excluding carboxylic acids is 2. The van der Waals surface area contributed by atoms with Gasteiger partial charge in [-0.15, -0.1) is 11.3 Å². The number of hydrogen-bond donors (Lipinski definition) is 0. The average Bonchev–Trinajstić information content (AvgIpc) is 3.35. The molecule has 0 N–H and O–H groups in total. The summed E-state index contributed by atoms with van der Waals surface area (Å²) in [6, 6.07) is 11.8. The number of aryl methyl sites for hydroxylation is 1. The Labute approximate surface area is 251 Å². The van der Waals surface area contributed by atoms with Crippen LogP contribution in [-0.4, -0.2) is 44.5 Å². The molecule has 218 valence electrons. The first-order valence-corrected chi connectivity index (χ1v) is 16.9. The molecule has 0 aliphatic heterocycles. The molecule has 1 fully saturated rings. The van der Waals surface area contributed by atoms with Gasteiger partial charge in [0.25, 0.3) is 0 Å². The monoisotopic (exact) mass is 613 g/mol. The third kappa shape index (κ3) is 6.46. The lowest BCUT2D eigenvalue weighted by molar-refractivity contribution is 0.0989. The predicted octanol–water partition coefficient (Wildman–Crippen LogP) is 7.09. The van der Waals surface area contributed by atoms with E-state index < -0.39 is 10.0 Å². The molecule has 3 aromatic rings. The van der Waals surface area contributed by atoms with Crippen molar-refractivity contribution in [1.29, 1.82) is 0 Å². The number of fused-ring (bicyclic) bond motifs is 1. The third-order valence-corrected chi connectivity index (χ3v) is 11.9. The Morgan fingerprint density at radius 2 is 1.66 bits per heavy atom. The number of rotatable bonds is 10. The SMILES string of the molecule is COc1ccc(CC(=O)c2c(CC(=O)c3cc(S(=O)(=O)N(C)C4CCCCC4)ccc3Cl)sc3c2CCCC3)cc1. The van der Waals surface area contributed by atoms with E-state index in [2.05, 4.69) is 0 Å². The molecule has 6 nitrogen and oxygen atoms in total.